The second-order valence-corrected chi connectivity index (χ2v) is 7.68. The van der Waals surface area contributed by atoms with Crippen LogP contribution in [0, 0.1) is 6.92 Å². The maximum Gasteiger partial charge on any atom is 0.110 e. The molecule has 0 saturated carbocycles. The average Bonchev–Trinajstić information content (AvgIpc) is 3.08. The number of rotatable bonds is 5. The van der Waals surface area contributed by atoms with E-state index in [0.29, 0.717) is 13.0 Å². The van der Waals surface area contributed by atoms with Gasteiger partial charge in [-0.1, -0.05) is 43.7 Å². The highest BCUT2D eigenvalue weighted by molar-refractivity contribution is 5.92. The monoisotopic (exact) mass is 363 g/mol. The molecule has 1 aliphatic heterocycles. The van der Waals surface area contributed by atoms with Crippen molar-refractivity contribution in [3.05, 3.63) is 58.8 Å². The van der Waals surface area contributed by atoms with Gasteiger partial charge in [0.1, 0.15) is 5.60 Å². The highest BCUT2D eigenvalue weighted by Crippen LogP contribution is 2.43. The molecule has 1 unspecified atom stereocenters. The van der Waals surface area contributed by atoms with Crippen LogP contribution in [0.4, 0.5) is 0 Å². The fourth-order valence-corrected chi connectivity index (χ4v) is 4.52. The molecule has 1 aromatic heterocycles. The molecule has 0 radical (unpaired) electrons. The summed E-state index contributed by atoms with van der Waals surface area (Å²) >= 11 is 0. The van der Waals surface area contributed by atoms with Gasteiger partial charge < -0.3 is 14.8 Å². The number of hydrogen-bond acceptors (Lipinski definition) is 2. The zero-order valence-electron chi connectivity index (χ0n) is 16.6. The maximum atomic E-state index is 9.64. The first-order valence-electron chi connectivity index (χ1n) is 10.1. The summed E-state index contributed by atoms with van der Waals surface area (Å²) in [4.78, 5) is 3.71. The predicted octanol–water partition coefficient (Wildman–Crippen LogP) is 5.27. The second kappa shape index (κ2) is 7.14. The Bertz CT molecular complexity index is 955. The fourth-order valence-electron chi connectivity index (χ4n) is 4.52. The molecule has 4 rings (SSSR count). The molecule has 2 aromatic carbocycles. The van der Waals surface area contributed by atoms with Gasteiger partial charge in [0.25, 0.3) is 0 Å². The first-order valence-corrected chi connectivity index (χ1v) is 10.1. The van der Waals surface area contributed by atoms with Gasteiger partial charge in [0.05, 0.1) is 12.3 Å². The van der Waals surface area contributed by atoms with Crippen LogP contribution in [-0.2, 0) is 23.2 Å². The molecule has 0 fully saturated rings. The van der Waals surface area contributed by atoms with Gasteiger partial charge in [-0.05, 0) is 60.6 Å². The minimum Gasteiger partial charge on any atom is -0.396 e. The molecular formula is C24H29NO2. The minimum atomic E-state index is -0.392. The van der Waals surface area contributed by atoms with Crippen LogP contribution in [0.2, 0.25) is 0 Å². The lowest BCUT2D eigenvalue weighted by Gasteiger charge is -2.36. The number of H-pyrrole nitrogens is 1. The lowest BCUT2D eigenvalue weighted by atomic mass is 9.86. The standard InChI is InChI=1S/C24H29NO2/c1-4-17-14-19(18-8-6-16(3)7-9-18)15-21-20-10-13-27-24(5-2,11-12-26)23(20)25-22(17)21/h6-9,14-15,25-26H,4-5,10-13H2,1-3H3. The predicted molar refractivity (Wildman–Crippen MR) is 111 cm³/mol. The van der Waals surface area contributed by atoms with Crippen molar-refractivity contribution >= 4 is 10.9 Å². The number of nitrogens with one attached hydrogen (secondary N) is 1. The van der Waals surface area contributed by atoms with Gasteiger partial charge in [0.2, 0.25) is 0 Å². The topological polar surface area (TPSA) is 45.2 Å². The number of aryl methyl sites for hydroxylation is 2. The smallest absolute Gasteiger partial charge is 0.110 e. The summed E-state index contributed by atoms with van der Waals surface area (Å²) in [6, 6.07) is 13.4. The van der Waals surface area contributed by atoms with Gasteiger partial charge in [-0.25, -0.2) is 0 Å². The van der Waals surface area contributed by atoms with Crippen molar-refractivity contribution in [2.75, 3.05) is 13.2 Å². The number of aliphatic hydroxyl groups is 1. The summed E-state index contributed by atoms with van der Waals surface area (Å²) in [6.45, 7) is 7.33. The van der Waals surface area contributed by atoms with Gasteiger partial charge in [-0.3, -0.25) is 0 Å². The SMILES string of the molecule is CCc1cc(-c2ccc(C)cc2)cc2c3c([nH]c12)C(CC)(CCO)OCC3. The van der Waals surface area contributed by atoms with Crippen LogP contribution in [0.1, 0.15) is 49.1 Å². The molecule has 3 nitrogen and oxygen atoms in total. The van der Waals surface area contributed by atoms with Gasteiger partial charge in [-0.2, -0.15) is 0 Å². The van der Waals surface area contributed by atoms with Gasteiger partial charge >= 0.3 is 0 Å². The Hall–Kier alpha value is -2.10. The molecule has 1 aliphatic rings. The Morgan fingerprint density at radius 1 is 1.11 bits per heavy atom. The molecule has 3 aromatic rings. The van der Waals surface area contributed by atoms with Crippen LogP contribution >= 0.6 is 0 Å². The van der Waals surface area contributed by atoms with Crippen LogP contribution in [-0.4, -0.2) is 23.3 Å². The van der Waals surface area contributed by atoms with E-state index < -0.39 is 5.60 Å². The van der Waals surface area contributed by atoms with Crippen molar-refractivity contribution in [3.8, 4) is 11.1 Å². The zero-order valence-corrected chi connectivity index (χ0v) is 16.6. The number of aromatic nitrogens is 1. The Morgan fingerprint density at radius 2 is 1.89 bits per heavy atom. The zero-order chi connectivity index (χ0) is 19.0. The Morgan fingerprint density at radius 3 is 2.56 bits per heavy atom. The number of aromatic amines is 1. The van der Waals surface area contributed by atoms with Gasteiger partial charge in [0, 0.05) is 23.9 Å². The molecule has 142 valence electrons. The average molecular weight is 364 g/mol. The lowest BCUT2D eigenvalue weighted by molar-refractivity contribution is -0.0795. The van der Waals surface area contributed by atoms with Crippen LogP contribution in [0.5, 0.6) is 0 Å². The van der Waals surface area contributed by atoms with Crippen LogP contribution in [0.3, 0.4) is 0 Å². The molecule has 0 aliphatic carbocycles. The first-order chi connectivity index (χ1) is 13.1. The lowest BCUT2D eigenvalue weighted by Crippen LogP contribution is -2.36. The molecule has 1 atom stereocenters. The minimum absolute atomic E-state index is 0.137. The number of ether oxygens (including phenoxy) is 1. The van der Waals surface area contributed by atoms with Crippen molar-refractivity contribution in [3.63, 3.8) is 0 Å². The van der Waals surface area contributed by atoms with E-state index in [9.17, 15) is 5.11 Å². The van der Waals surface area contributed by atoms with Gasteiger partial charge in [-0.15, -0.1) is 0 Å². The fraction of sp³-hybridized carbons (Fsp3) is 0.417. The highest BCUT2D eigenvalue weighted by Gasteiger charge is 2.38. The Kier molecular flexibility index (Phi) is 4.83. The van der Waals surface area contributed by atoms with Crippen molar-refractivity contribution in [2.24, 2.45) is 0 Å². The number of hydrogen-bond donors (Lipinski definition) is 2. The second-order valence-electron chi connectivity index (χ2n) is 7.68. The number of benzene rings is 2. The molecule has 0 spiro atoms. The summed E-state index contributed by atoms with van der Waals surface area (Å²) in [5.74, 6) is 0. The molecule has 0 saturated heterocycles. The third-order valence-corrected chi connectivity index (χ3v) is 6.14. The third-order valence-electron chi connectivity index (χ3n) is 6.14. The highest BCUT2D eigenvalue weighted by atomic mass is 16.5. The van der Waals surface area contributed by atoms with Crippen LogP contribution in [0.25, 0.3) is 22.0 Å². The van der Waals surface area contributed by atoms with Crippen molar-refractivity contribution in [2.45, 2.75) is 52.1 Å². The normalized spacial score (nSPS) is 19.4. The van der Waals surface area contributed by atoms with Gasteiger partial charge in [0.15, 0.2) is 0 Å². The summed E-state index contributed by atoms with van der Waals surface area (Å²) in [7, 11) is 0. The molecule has 0 amide bonds. The molecular weight excluding hydrogens is 334 g/mol. The van der Waals surface area contributed by atoms with E-state index in [-0.39, 0.29) is 6.61 Å². The van der Waals surface area contributed by atoms with E-state index in [4.69, 9.17) is 4.74 Å². The van der Waals surface area contributed by atoms with Crippen molar-refractivity contribution < 1.29 is 9.84 Å². The first kappa shape index (κ1) is 18.3. The van der Waals surface area contributed by atoms with E-state index in [2.05, 4.69) is 62.2 Å². The quantitative estimate of drug-likeness (QED) is 0.649. The molecule has 27 heavy (non-hydrogen) atoms. The summed E-state index contributed by atoms with van der Waals surface area (Å²) in [6.07, 6.45) is 3.40. The van der Waals surface area contributed by atoms with Crippen molar-refractivity contribution in [1.29, 1.82) is 0 Å². The Balaban J connectivity index is 1.94. The molecule has 2 heterocycles. The largest absolute Gasteiger partial charge is 0.396 e. The van der Waals surface area contributed by atoms with E-state index in [1.807, 2.05) is 0 Å². The molecule has 3 heteroatoms. The maximum absolute atomic E-state index is 9.64. The van der Waals surface area contributed by atoms with Crippen LogP contribution < -0.4 is 0 Å². The molecule has 2 N–H and O–H groups in total. The van der Waals surface area contributed by atoms with Crippen LogP contribution in [0.15, 0.2) is 36.4 Å². The molecule has 0 bridgehead atoms. The van der Waals surface area contributed by atoms with E-state index in [1.165, 1.54) is 44.4 Å². The Labute approximate surface area is 161 Å². The summed E-state index contributed by atoms with van der Waals surface area (Å²) in [5.41, 5.74) is 8.55. The number of fused-ring (bicyclic) bond motifs is 3. The van der Waals surface area contributed by atoms with E-state index >= 15 is 0 Å². The van der Waals surface area contributed by atoms with E-state index in [0.717, 1.165) is 19.3 Å². The summed E-state index contributed by atoms with van der Waals surface area (Å²) < 4.78 is 6.22. The summed E-state index contributed by atoms with van der Waals surface area (Å²) in [5, 5.41) is 11.0. The number of aliphatic hydroxyl groups excluding tert-OH is 1. The van der Waals surface area contributed by atoms with Crippen molar-refractivity contribution in [1.82, 2.24) is 4.98 Å². The van der Waals surface area contributed by atoms with E-state index in [1.54, 1.807) is 0 Å². The third kappa shape index (κ3) is 2.99.